The minimum absolute atomic E-state index is 0.0476. The summed E-state index contributed by atoms with van der Waals surface area (Å²) in [4.78, 5) is 29.0. The van der Waals surface area contributed by atoms with E-state index < -0.39 is 17.5 Å². The second-order valence-electron chi connectivity index (χ2n) is 7.10. The number of thiazole rings is 1. The summed E-state index contributed by atoms with van der Waals surface area (Å²) in [5.74, 6) is 5.95. The molecule has 2 aromatic carbocycles. The minimum atomic E-state index is -1.54. The van der Waals surface area contributed by atoms with Crippen molar-refractivity contribution in [3.8, 4) is 23.5 Å². The Labute approximate surface area is 180 Å². The lowest BCUT2D eigenvalue weighted by molar-refractivity contribution is -0.122. The number of carbonyl (C=O) groups excluding carboxylic acids is 2. The van der Waals surface area contributed by atoms with Gasteiger partial charge in [-0.25, -0.2) is 9.78 Å². The van der Waals surface area contributed by atoms with Gasteiger partial charge in [0.05, 0.1) is 29.4 Å². The number of nitrogens with zero attached hydrogens (tertiary/aromatic N) is 2. The number of aromatic nitrogens is 2. The average molecular weight is 432 g/mol. The zero-order valence-corrected chi connectivity index (χ0v) is 17.1. The van der Waals surface area contributed by atoms with E-state index in [2.05, 4.69) is 27.5 Å². The van der Waals surface area contributed by atoms with Crippen molar-refractivity contribution in [1.82, 2.24) is 20.2 Å². The van der Waals surface area contributed by atoms with Crippen LogP contribution in [0.4, 0.5) is 4.79 Å². The number of rotatable bonds is 3. The lowest BCUT2D eigenvalue weighted by atomic mass is 9.99. The van der Waals surface area contributed by atoms with E-state index >= 15 is 0 Å². The topological polar surface area (TPSA) is 105 Å². The maximum atomic E-state index is 12.8. The molecule has 2 aromatic heterocycles. The number of urea groups is 1. The highest BCUT2D eigenvalue weighted by atomic mass is 32.1. The molecule has 5 rings (SSSR count). The van der Waals surface area contributed by atoms with Crippen molar-refractivity contribution in [3.63, 3.8) is 0 Å². The Bertz CT molecular complexity index is 1430. The SMILES string of the molecule is COc1ccc2cn(CC3(C#Cc4cccc5ncsc45)NC(=O)NC3=O)c(O)c2c1. The Hall–Kier alpha value is -4.03. The van der Waals surface area contributed by atoms with Crippen LogP contribution < -0.4 is 15.4 Å². The molecule has 8 nitrogen and oxygen atoms in total. The maximum Gasteiger partial charge on any atom is 0.323 e. The molecule has 0 aliphatic carbocycles. The molecule has 1 fully saturated rings. The average Bonchev–Trinajstić information content (AvgIpc) is 3.43. The van der Waals surface area contributed by atoms with Crippen molar-refractivity contribution in [2.75, 3.05) is 7.11 Å². The number of methoxy groups -OCH3 is 1. The molecule has 0 spiro atoms. The van der Waals surface area contributed by atoms with Gasteiger partial charge in [0.15, 0.2) is 5.88 Å². The number of hydrogen-bond acceptors (Lipinski definition) is 6. The number of amides is 3. The molecule has 3 N–H and O–H groups in total. The predicted molar refractivity (Wildman–Crippen MR) is 116 cm³/mol. The van der Waals surface area contributed by atoms with E-state index in [9.17, 15) is 14.7 Å². The molecule has 1 saturated heterocycles. The second kappa shape index (κ2) is 7.04. The van der Waals surface area contributed by atoms with Gasteiger partial charge in [0.2, 0.25) is 5.54 Å². The van der Waals surface area contributed by atoms with Crippen LogP contribution in [0.5, 0.6) is 11.6 Å². The van der Waals surface area contributed by atoms with Gasteiger partial charge >= 0.3 is 6.03 Å². The third kappa shape index (κ3) is 3.14. The highest BCUT2D eigenvalue weighted by Gasteiger charge is 2.46. The molecule has 1 aliphatic heterocycles. The van der Waals surface area contributed by atoms with Crippen molar-refractivity contribution in [2.24, 2.45) is 0 Å². The predicted octanol–water partition coefficient (Wildman–Crippen LogP) is 2.60. The van der Waals surface area contributed by atoms with Gasteiger partial charge in [-0.1, -0.05) is 17.9 Å². The fourth-order valence-electron chi connectivity index (χ4n) is 3.62. The van der Waals surface area contributed by atoms with Crippen LogP contribution >= 0.6 is 11.3 Å². The molecule has 1 unspecified atom stereocenters. The van der Waals surface area contributed by atoms with Crippen LogP contribution in [0, 0.1) is 11.8 Å². The summed E-state index contributed by atoms with van der Waals surface area (Å²) in [7, 11) is 1.54. The Morgan fingerprint density at radius 2 is 2.16 bits per heavy atom. The number of hydrogen-bond donors (Lipinski definition) is 3. The van der Waals surface area contributed by atoms with Gasteiger partial charge in [-0.2, -0.15) is 0 Å². The van der Waals surface area contributed by atoms with Crippen molar-refractivity contribution < 1.29 is 19.4 Å². The van der Waals surface area contributed by atoms with Gasteiger partial charge in [-0.3, -0.25) is 10.1 Å². The number of imide groups is 1. The molecular formula is C22H16N4O4S. The first kappa shape index (κ1) is 19.0. The minimum Gasteiger partial charge on any atom is -0.497 e. The van der Waals surface area contributed by atoms with Gasteiger partial charge in [-0.05, 0) is 30.3 Å². The van der Waals surface area contributed by atoms with Crippen molar-refractivity contribution >= 4 is 44.3 Å². The fourth-order valence-corrected chi connectivity index (χ4v) is 4.38. The summed E-state index contributed by atoms with van der Waals surface area (Å²) in [6, 6.07) is 10.2. The maximum absolute atomic E-state index is 12.8. The molecule has 1 atom stereocenters. The molecule has 0 radical (unpaired) electrons. The number of benzene rings is 2. The molecule has 31 heavy (non-hydrogen) atoms. The van der Waals surface area contributed by atoms with Crippen LogP contribution in [0.2, 0.25) is 0 Å². The Kier molecular flexibility index (Phi) is 4.30. The first-order valence-corrected chi connectivity index (χ1v) is 10.2. The van der Waals surface area contributed by atoms with E-state index in [4.69, 9.17) is 4.74 Å². The number of aromatic hydroxyl groups is 1. The number of ether oxygens (including phenoxy) is 1. The van der Waals surface area contributed by atoms with Crippen molar-refractivity contribution in [3.05, 3.63) is 53.7 Å². The lowest BCUT2D eigenvalue weighted by Crippen LogP contribution is -2.49. The van der Waals surface area contributed by atoms with Gasteiger partial charge in [0, 0.05) is 22.5 Å². The van der Waals surface area contributed by atoms with E-state index in [0.29, 0.717) is 16.7 Å². The first-order chi connectivity index (χ1) is 15.0. The van der Waals surface area contributed by atoms with Crippen LogP contribution in [-0.2, 0) is 11.3 Å². The monoisotopic (exact) mass is 432 g/mol. The van der Waals surface area contributed by atoms with Crippen LogP contribution in [0.15, 0.2) is 48.1 Å². The van der Waals surface area contributed by atoms with Crippen LogP contribution in [0.25, 0.3) is 21.0 Å². The standard InChI is InChI=1S/C22H16N4O4S/c1-30-15-6-5-14-10-26(19(27)16(14)9-15)11-22(20(28)24-21(29)25-22)8-7-13-3-2-4-17-18(13)31-12-23-17/h2-6,9-10,12,27H,11H2,1H3,(H2,24,25,28,29). The quantitative estimate of drug-likeness (QED) is 0.341. The summed E-state index contributed by atoms with van der Waals surface area (Å²) in [6.07, 6.45) is 1.70. The lowest BCUT2D eigenvalue weighted by Gasteiger charge is -2.20. The van der Waals surface area contributed by atoms with E-state index in [1.807, 2.05) is 18.2 Å². The van der Waals surface area contributed by atoms with Crippen molar-refractivity contribution in [1.29, 1.82) is 0 Å². The Morgan fingerprint density at radius 1 is 1.29 bits per heavy atom. The number of carbonyl (C=O) groups is 2. The van der Waals surface area contributed by atoms with Gasteiger partial charge in [-0.15, -0.1) is 11.3 Å². The summed E-state index contributed by atoms with van der Waals surface area (Å²) in [5.41, 5.74) is 1.71. The van der Waals surface area contributed by atoms with E-state index in [1.165, 1.54) is 15.9 Å². The Morgan fingerprint density at radius 3 is 2.94 bits per heavy atom. The second-order valence-corrected chi connectivity index (χ2v) is 7.96. The van der Waals surface area contributed by atoms with Crippen molar-refractivity contribution in [2.45, 2.75) is 12.1 Å². The van der Waals surface area contributed by atoms with Gasteiger partial charge < -0.3 is 19.7 Å². The molecule has 9 heteroatoms. The van der Waals surface area contributed by atoms with Crippen LogP contribution in [-0.4, -0.2) is 39.2 Å². The number of nitrogens with one attached hydrogen (secondary N) is 2. The highest BCUT2D eigenvalue weighted by Crippen LogP contribution is 2.32. The van der Waals surface area contributed by atoms with Gasteiger partial charge in [0.1, 0.15) is 5.75 Å². The van der Waals surface area contributed by atoms with Gasteiger partial charge in [0.25, 0.3) is 5.91 Å². The molecule has 3 amide bonds. The van der Waals surface area contributed by atoms with E-state index in [-0.39, 0.29) is 12.4 Å². The summed E-state index contributed by atoms with van der Waals surface area (Å²) < 4.78 is 7.62. The summed E-state index contributed by atoms with van der Waals surface area (Å²) in [6.45, 7) is -0.0704. The Balaban J connectivity index is 1.59. The third-order valence-electron chi connectivity index (χ3n) is 5.18. The first-order valence-electron chi connectivity index (χ1n) is 9.34. The smallest absolute Gasteiger partial charge is 0.323 e. The zero-order valence-electron chi connectivity index (χ0n) is 16.3. The third-order valence-corrected chi connectivity index (χ3v) is 6.06. The number of fused-ring (bicyclic) bond motifs is 2. The molecule has 1 aliphatic rings. The zero-order chi connectivity index (χ0) is 21.6. The largest absolute Gasteiger partial charge is 0.497 e. The highest BCUT2D eigenvalue weighted by molar-refractivity contribution is 7.17. The normalized spacial score (nSPS) is 18.0. The molecule has 3 heterocycles. The summed E-state index contributed by atoms with van der Waals surface area (Å²) >= 11 is 1.45. The fraction of sp³-hybridized carbons (Fsp3) is 0.136. The molecule has 154 valence electrons. The molecule has 4 aromatic rings. The van der Waals surface area contributed by atoms with E-state index in [1.54, 1.807) is 37.0 Å². The van der Waals surface area contributed by atoms with Crippen LogP contribution in [0.1, 0.15) is 5.56 Å². The van der Waals surface area contributed by atoms with Crippen LogP contribution in [0.3, 0.4) is 0 Å². The molecule has 0 bridgehead atoms. The van der Waals surface area contributed by atoms with E-state index in [0.717, 1.165) is 15.6 Å². The summed E-state index contributed by atoms with van der Waals surface area (Å²) in [5, 5.41) is 17.0. The molecular weight excluding hydrogens is 416 g/mol. The molecule has 0 saturated carbocycles.